The third-order valence-corrected chi connectivity index (χ3v) is 1.90. The van der Waals surface area contributed by atoms with Crippen LogP contribution < -0.4 is 4.74 Å². The first-order valence-electron chi connectivity index (χ1n) is 4.11. The van der Waals surface area contributed by atoms with Gasteiger partial charge in [-0.15, -0.1) is 5.92 Å². The third kappa shape index (κ3) is 3.15. The molecule has 5 heteroatoms. The van der Waals surface area contributed by atoms with Gasteiger partial charge in [-0.2, -0.15) is 0 Å². The second-order valence-corrected chi connectivity index (χ2v) is 2.99. The smallest absolute Gasteiger partial charge is 0.271 e. The monoisotopic (exact) mass is 225 g/mol. The lowest BCUT2D eigenvalue weighted by atomic mass is 10.3. The molecule has 4 nitrogen and oxygen atoms in total. The summed E-state index contributed by atoms with van der Waals surface area (Å²) in [6.45, 7) is 1.91. The van der Waals surface area contributed by atoms with E-state index in [1.54, 1.807) is 6.92 Å². The van der Waals surface area contributed by atoms with Gasteiger partial charge in [-0.1, -0.05) is 17.5 Å². The quantitative estimate of drug-likeness (QED) is 0.451. The number of nitro benzene ring substituents is 1. The molecule has 0 radical (unpaired) electrons. The average molecular weight is 226 g/mol. The number of hydrogen-bond donors (Lipinski definition) is 0. The van der Waals surface area contributed by atoms with Crippen molar-refractivity contribution in [2.24, 2.45) is 0 Å². The first kappa shape index (κ1) is 11.3. The van der Waals surface area contributed by atoms with Crippen molar-refractivity contribution in [2.75, 3.05) is 6.61 Å². The van der Waals surface area contributed by atoms with Crippen LogP contribution in [0.15, 0.2) is 18.2 Å². The van der Waals surface area contributed by atoms with Crippen LogP contribution in [-0.4, -0.2) is 11.5 Å². The molecule has 1 aromatic rings. The van der Waals surface area contributed by atoms with Crippen molar-refractivity contribution >= 4 is 17.3 Å². The maximum absolute atomic E-state index is 10.4. The molecular formula is C10H8ClNO3. The fraction of sp³-hybridized carbons (Fsp3) is 0.200. The Morgan fingerprint density at radius 1 is 1.60 bits per heavy atom. The van der Waals surface area contributed by atoms with E-state index < -0.39 is 4.92 Å². The van der Waals surface area contributed by atoms with Crippen molar-refractivity contribution in [3.63, 3.8) is 0 Å². The molecule has 0 fully saturated rings. The molecular weight excluding hydrogens is 218 g/mol. The molecule has 78 valence electrons. The first-order valence-corrected chi connectivity index (χ1v) is 4.49. The molecule has 0 amide bonds. The lowest BCUT2D eigenvalue weighted by Gasteiger charge is -2.03. The number of ether oxygens (including phenoxy) is 1. The molecule has 0 aliphatic rings. The van der Waals surface area contributed by atoms with Crippen LogP contribution >= 0.6 is 11.6 Å². The van der Waals surface area contributed by atoms with Crippen LogP contribution in [0.3, 0.4) is 0 Å². The number of non-ortho nitro benzene ring substituents is 1. The van der Waals surface area contributed by atoms with E-state index in [1.807, 2.05) is 0 Å². The molecule has 0 saturated carbocycles. The van der Waals surface area contributed by atoms with Crippen LogP contribution in [0.25, 0.3) is 0 Å². The largest absolute Gasteiger partial charge is 0.479 e. The maximum atomic E-state index is 10.4. The summed E-state index contributed by atoms with van der Waals surface area (Å²) in [7, 11) is 0. The Balaban J connectivity index is 2.82. The zero-order valence-corrected chi connectivity index (χ0v) is 8.75. The van der Waals surface area contributed by atoms with E-state index >= 15 is 0 Å². The number of rotatable bonds is 3. The van der Waals surface area contributed by atoms with Crippen molar-refractivity contribution in [1.82, 2.24) is 0 Å². The van der Waals surface area contributed by atoms with Crippen LogP contribution in [-0.2, 0) is 0 Å². The molecule has 0 N–H and O–H groups in total. The summed E-state index contributed by atoms with van der Waals surface area (Å²) >= 11 is 5.77. The highest BCUT2D eigenvalue weighted by molar-refractivity contribution is 6.32. The van der Waals surface area contributed by atoms with Crippen LogP contribution in [0.1, 0.15) is 6.92 Å². The number of halogens is 1. The van der Waals surface area contributed by atoms with Gasteiger partial charge in [0.1, 0.15) is 12.4 Å². The van der Waals surface area contributed by atoms with Crippen molar-refractivity contribution in [2.45, 2.75) is 6.92 Å². The molecule has 0 aromatic heterocycles. The predicted octanol–water partition coefficient (Wildman–Crippen LogP) is 2.65. The Bertz CT molecular complexity index is 434. The summed E-state index contributed by atoms with van der Waals surface area (Å²) in [6.07, 6.45) is 0. The van der Waals surface area contributed by atoms with Gasteiger partial charge in [-0.3, -0.25) is 10.1 Å². The van der Waals surface area contributed by atoms with E-state index in [9.17, 15) is 10.1 Å². The summed E-state index contributed by atoms with van der Waals surface area (Å²) in [5.41, 5.74) is -0.0612. The maximum Gasteiger partial charge on any atom is 0.271 e. The van der Waals surface area contributed by atoms with E-state index in [0.717, 1.165) is 0 Å². The van der Waals surface area contributed by atoms with Crippen LogP contribution in [0.4, 0.5) is 5.69 Å². The van der Waals surface area contributed by atoms with E-state index in [-0.39, 0.29) is 17.3 Å². The average Bonchev–Trinajstić information content (AvgIpc) is 2.20. The summed E-state index contributed by atoms with van der Waals surface area (Å²) in [6, 6.07) is 4.04. The normalized spacial score (nSPS) is 8.93. The zero-order chi connectivity index (χ0) is 11.3. The number of nitrogens with zero attached hydrogens (tertiary/aromatic N) is 1. The number of hydrogen-bond acceptors (Lipinski definition) is 3. The van der Waals surface area contributed by atoms with Gasteiger partial charge in [0.25, 0.3) is 5.69 Å². The molecule has 0 aliphatic heterocycles. The minimum absolute atomic E-state index is 0.0612. The highest BCUT2D eigenvalue weighted by atomic mass is 35.5. The lowest BCUT2D eigenvalue weighted by Crippen LogP contribution is -1.95. The van der Waals surface area contributed by atoms with Crippen LogP contribution in [0.5, 0.6) is 5.75 Å². The minimum Gasteiger partial charge on any atom is -0.479 e. The molecule has 1 rings (SSSR count). The van der Waals surface area contributed by atoms with E-state index in [2.05, 4.69) is 11.8 Å². The van der Waals surface area contributed by atoms with Crippen LogP contribution in [0, 0.1) is 22.0 Å². The van der Waals surface area contributed by atoms with Gasteiger partial charge >= 0.3 is 0 Å². The molecule has 0 saturated heterocycles. The molecule has 0 aliphatic carbocycles. The predicted molar refractivity (Wildman–Crippen MR) is 57.1 cm³/mol. The molecule has 15 heavy (non-hydrogen) atoms. The Morgan fingerprint density at radius 2 is 2.33 bits per heavy atom. The first-order chi connectivity index (χ1) is 7.15. The number of benzene rings is 1. The highest BCUT2D eigenvalue weighted by Crippen LogP contribution is 2.28. The Hall–Kier alpha value is -1.73. The Morgan fingerprint density at radius 3 is 2.87 bits per heavy atom. The van der Waals surface area contributed by atoms with Crippen molar-refractivity contribution in [3.8, 4) is 17.6 Å². The van der Waals surface area contributed by atoms with Crippen LogP contribution in [0.2, 0.25) is 5.02 Å². The summed E-state index contributed by atoms with van der Waals surface area (Å²) in [5.74, 6) is 5.75. The standard InChI is InChI=1S/C10H8ClNO3/c1-2-3-6-15-10-5-4-8(12(13)14)7-9(10)11/h4-5,7H,6H2,1H3. The van der Waals surface area contributed by atoms with Crippen molar-refractivity contribution < 1.29 is 9.66 Å². The van der Waals surface area contributed by atoms with Gasteiger partial charge in [0, 0.05) is 12.1 Å². The fourth-order valence-corrected chi connectivity index (χ4v) is 1.14. The molecule has 0 bridgehead atoms. The van der Waals surface area contributed by atoms with Gasteiger partial charge in [-0.05, 0) is 13.0 Å². The highest BCUT2D eigenvalue weighted by Gasteiger charge is 2.09. The van der Waals surface area contributed by atoms with Gasteiger partial charge in [0.2, 0.25) is 0 Å². The lowest BCUT2D eigenvalue weighted by molar-refractivity contribution is -0.384. The summed E-state index contributed by atoms with van der Waals surface area (Å²) < 4.78 is 5.18. The molecule has 0 spiro atoms. The number of nitro groups is 1. The summed E-state index contributed by atoms with van der Waals surface area (Å²) in [5, 5.41) is 10.6. The van der Waals surface area contributed by atoms with E-state index in [0.29, 0.717) is 5.75 Å². The topological polar surface area (TPSA) is 52.4 Å². The van der Waals surface area contributed by atoms with Gasteiger partial charge in [-0.25, -0.2) is 0 Å². The van der Waals surface area contributed by atoms with Crippen molar-refractivity contribution in [1.29, 1.82) is 0 Å². The third-order valence-electron chi connectivity index (χ3n) is 1.60. The van der Waals surface area contributed by atoms with Gasteiger partial charge in [0.05, 0.1) is 9.95 Å². The molecule has 0 unspecified atom stereocenters. The van der Waals surface area contributed by atoms with E-state index in [1.165, 1.54) is 18.2 Å². The SMILES string of the molecule is CC#CCOc1ccc([N+](=O)[O-])cc1Cl. The fourth-order valence-electron chi connectivity index (χ4n) is 0.906. The second-order valence-electron chi connectivity index (χ2n) is 2.59. The van der Waals surface area contributed by atoms with Crippen molar-refractivity contribution in [3.05, 3.63) is 33.3 Å². The minimum atomic E-state index is -0.512. The molecule has 0 heterocycles. The second kappa shape index (κ2) is 5.23. The van der Waals surface area contributed by atoms with Gasteiger partial charge in [0.15, 0.2) is 0 Å². The summed E-state index contributed by atoms with van der Waals surface area (Å²) in [4.78, 5) is 9.90. The Kier molecular flexibility index (Phi) is 3.95. The molecule has 1 aromatic carbocycles. The molecule has 0 atom stereocenters. The van der Waals surface area contributed by atoms with Gasteiger partial charge < -0.3 is 4.74 Å². The Labute approximate surface area is 92.0 Å². The zero-order valence-electron chi connectivity index (χ0n) is 7.99. The van der Waals surface area contributed by atoms with E-state index in [4.69, 9.17) is 16.3 Å².